The maximum absolute atomic E-state index is 12.5. The van der Waals surface area contributed by atoms with Crippen LogP contribution in [0.4, 0.5) is 0 Å². The maximum atomic E-state index is 12.5. The summed E-state index contributed by atoms with van der Waals surface area (Å²) < 4.78 is 7.16. The number of amides is 1. The first-order chi connectivity index (χ1) is 12.2. The molecule has 25 heavy (non-hydrogen) atoms. The highest BCUT2D eigenvalue weighted by atomic mass is 32.1. The van der Waals surface area contributed by atoms with Crippen molar-refractivity contribution in [2.24, 2.45) is 0 Å². The number of nitrogens with zero attached hydrogens (tertiary/aromatic N) is 3. The average molecular weight is 352 g/mol. The highest BCUT2D eigenvalue weighted by Gasteiger charge is 2.15. The van der Waals surface area contributed by atoms with Crippen molar-refractivity contribution in [1.29, 1.82) is 0 Å². The van der Waals surface area contributed by atoms with Gasteiger partial charge in [0.1, 0.15) is 11.4 Å². The van der Waals surface area contributed by atoms with E-state index in [9.17, 15) is 4.79 Å². The fraction of sp³-hybridized carbons (Fsp3) is 0.167. The maximum Gasteiger partial charge on any atom is 0.270 e. The fourth-order valence-corrected chi connectivity index (χ4v) is 3.27. The molecule has 7 heteroatoms. The molecule has 6 nitrogen and oxygen atoms in total. The van der Waals surface area contributed by atoms with E-state index in [1.165, 1.54) is 0 Å². The molecule has 0 aliphatic rings. The Hall–Kier alpha value is -2.93. The molecule has 4 heterocycles. The summed E-state index contributed by atoms with van der Waals surface area (Å²) in [7, 11) is 0. The predicted octanol–water partition coefficient (Wildman–Crippen LogP) is 3.54. The standard InChI is InChI=1S/C18H16N4O2S/c1-2-12-9-15(18(23)19-11-13-5-4-8-25-13)20-17-10-14(21-22(12)17)16-6-3-7-24-16/h3-10H,2,11H2,1H3,(H,19,23). The van der Waals surface area contributed by atoms with Gasteiger partial charge >= 0.3 is 0 Å². The molecule has 0 spiro atoms. The number of hydrogen-bond donors (Lipinski definition) is 1. The first-order valence-electron chi connectivity index (χ1n) is 7.98. The van der Waals surface area contributed by atoms with Gasteiger partial charge in [-0.2, -0.15) is 5.10 Å². The molecule has 126 valence electrons. The van der Waals surface area contributed by atoms with Crippen LogP contribution in [0.2, 0.25) is 0 Å². The lowest BCUT2D eigenvalue weighted by atomic mass is 10.2. The van der Waals surface area contributed by atoms with E-state index in [4.69, 9.17) is 4.42 Å². The number of thiophene rings is 1. The molecular weight excluding hydrogens is 336 g/mol. The number of aromatic nitrogens is 3. The second-order valence-corrected chi connectivity index (χ2v) is 6.56. The normalized spacial score (nSPS) is 11.1. The number of furan rings is 1. The monoisotopic (exact) mass is 352 g/mol. The van der Waals surface area contributed by atoms with E-state index in [1.54, 1.807) is 28.2 Å². The van der Waals surface area contributed by atoms with Gasteiger partial charge in [0, 0.05) is 16.6 Å². The van der Waals surface area contributed by atoms with E-state index in [1.807, 2.05) is 42.6 Å². The van der Waals surface area contributed by atoms with Gasteiger partial charge in [-0.3, -0.25) is 4.79 Å². The zero-order valence-electron chi connectivity index (χ0n) is 13.6. The van der Waals surface area contributed by atoms with Gasteiger partial charge in [0.25, 0.3) is 5.91 Å². The van der Waals surface area contributed by atoms with Crippen LogP contribution >= 0.6 is 11.3 Å². The molecule has 0 unspecified atom stereocenters. The molecule has 0 fully saturated rings. The Morgan fingerprint density at radius 3 is 2.96 bits per heavy atom. The Kier molecular flexibility index (Phi) is 4.07. The van der Waals surface area contributed by atoms with Crippen LogP contribution in [0, 0.1) is 0 Å². The summed E-state index contributed by atoms with van der Waals surface area (Å²) in [4.78, 5) is 18.0. The minimum atomic E-state index is -0.189. The van der Waals surface area contributed by atoms with Gasteiger partial charge in [0.05, 0.1) is 12.8 Å². The van der Waals surface area contributed by atoms with Crippen LogP contribution in [-0.2, 0) is 13.0 Å². The van der Waals surface area contributed by atoms with E-state index in [0.717, 1.165) is 17.0 Å². The topological polar surface area (TPSA) is 72.4 Å². The molecule has 0 radical (unpaired) electrons. The van der Waals surface area contributed by atoms with Gasteiger partial charge < -0.3 is 9.73 Å². The summed E-state index contributed by atoms with van der Waals surface area (Å²) >= 11 is 1.61. The van der Waals surface area contributed by atoms with E-state index < -0.39 is 0 Å². The van der Waals surface area contributed by atoms with Crippen LogP contribution in [0.25, 0.3) is 17.1 Å². The quantitative estimate of drug-likeness (QED) is 0.596. The van der Waals surface area contributed by atoms with Crippen molar-refractivity contribution < 1.29 is 9.21 Å². The smallest absolute Gasteiger partial charge is 0.270 e. The molecule has 0 aliphatic heterocycles. The van der Waals surface area contributed by atoms with E-state index in [-0.39, 0.29) is 5.91 Å². The molecule has 0 aromatic carbocycles. The van der Waals surface area contributed by atoms with Crippen LogP contribution in [0.1, 0.15) is 28.0 Å². The number of fused-ring (bicyclic) bond motifs is 1. The Balaban J connectivity index is 1.66. The second kappa shape index (κ2) is 6.52. The van der Waals surface area contributed by atoms with Crippen LogP contribution in [0.15, 0.2) is 52.5 Å². The van der Waals surface area contributed by atoms with Gasteiger partial charge in [-0.05, 0) is 36.1 Å². The summed E-state index contributed by atoms with van der Waals surface area (Å²) in [5.74, 6) is 0.489. The summed E-state index contributed by atoms with van der Waals surface area (Å²) in [6.07, 6.45) is 2.35. The molecule has 1 amide bonds. The number of nitrogens with one attached hydrogen (secondary N) is 1. The molecule has 0 aliphatic carbocycles. The second-order valence-electron chi connectivity index (χ2n) is 5.53. The zero-order chi connectivity index (χ0) is 17.2. The highest BCUT2D eigenvalue weighted by molar-refractivity contribution is 7.09. The number of hydrogen-bond acceptors (Lipinski definition) is 5. The van der Waals surface area contributed by atoms with Gasteiger partial charge in [0.15, 0.2) is 11.4 Å². The number of carbonyl (C=O) groups excluding carboxylic acids is 1. The third-order valence-corrected chi connectivity index (χ3v) is 4.75. The van der Waals surface area contributed by atoms with Crippen molar-refractivity contribution in [1.82, 2.24) is 19.9 Å². The highest BCUT2D eigenvalue weighted by Crippen LogP contribution is 2.21. The summed E-state index contributed by atoms with van der Waals surface area (Å²) in [5, 5.41) is 9.45. The van der Waals surface area contributed by atoms with Gasteiger partial charge in [-0.15, -0.1) is 11.3 Å². The largest absolute Gasteiger partial charge is 0.463 e. The van der Waals surface area contributed by atoms with Crippen molar-refractivity contribution in [3.05, 3.63) is 64.3 Å². The lowest BCUT2D eigenvalue weighted by Gasteiger charge is -2.07. The van der Waals surface area contributed by atoms with Crippen LogP contribution < -0.4 is 5.32 Å². The lowest BCUT2D eigenvalue weighted by molar-refractivity contribution is 0.0946. The Morgan fingerprint density at radius 2 is 2.24 bits per heavy atom. The number of aryl methyl sites for hydroxylation is 1. The molecular formula is C18H16N4O2S. The fourth-order valence-electron chi connectivity index (χ4n) is 2.62. The minimum absolute atomic E-state index is 0.189. The summed E-state index contributed by atoms with van der Waals surface area (Å²) in [5.41, 5.74) is 2.64. The van der Waals surface area contributed by atoms with Crippen molar-refractivity contribution in [2.75, 3.05) is 0 Å². The van der Waals surface area contributed by atoms with Crippen molar-refractivity contribution in [2.45, 2.75) is 19.9 Å². The molecule has 0 saturated carbocycles. The first kappa shape index (κ1) is 15.6. The molecule has 0 atom stereocenters. The SMILES string of the molecule is CCc1cc(C(=O)NCc2cccs2)nc2cc(-c3ccco3)nn12. The Morgan fingerprint density at radius 1 is 1.32 bits per heavy atom. The Labute approximate surface area is 148 Å². The molecule has 1 N–H and O–H groups in total. The predicted molar refractivity (Wildman–Crippen MR) is 95.6 cm³/mol. The molecule has 0 bridgehead atoms. The summed E-state index contributed by atoms with van der Waals surface area (Å²) in [6.45, 7) is 2.53. The van der Waals surface area contributed by atoms with E-state index in [0.29, 0.717) is 29.3 Å². The third kappa shape index (κ3) is 3.06. The van der Waals surface area contributed by atoms with Crippen molar-refractivity contribution in [3.8, 4) is 11.5 Å². The lowest BCUT2D eigenvalue weighted by Crippen LogP contribution is -2.24. The van der Waals surface area contributed by atoms with Crippen LogP contribution in [0.3, 0.4) is 0 Å². The zero-order valence-corrected chi connectivity index (χ0v) is 14.4. The average Bonchev–Trinajstić information content (AvgIpc) is 3.39. The molecule has 4 aromatic rings. The summed E-state index contributed by atoms with van der Waals surface area (Å²) in [6, 6.07) is 11.2. The third-order valence-electron chi connectivity index (χ3n) is 3.87. The van der Waals surface area contributed by atoms with Gasteiger partial charge in [-0.1, -0.05) is 13.0 Å². The van der Waals surface area contributed by atoms with Crippen molar-refractivity contribution in [3.63, 3.8) is 0 Å². The van der Waals surface area contributed by atoms with E-state index in [2.05, 4.69) is 15.4 Å². The van der Waals surface area contributed by atoms with Crippen molar-refractivity contribution >= 4 is 22.9 Å². The number of carbonyl (C=O) groups is 1. The van der Waals surface area contributed by atoms with Crippen LogP contribution in [-0.4, -0.2) is 20.5 Å². The minimum Gasteiger partial charge on any atom is -0.463 e. The van der Waals surface area contributed by atoms with Gasteiger partial charge in [-0.25, -0.2) is 9.50 Å². The van der Waals surface area contributed by atoms with Gasteiger partial charge in [0.2, 0.25) is 0 Å². The first-order valence-corrected chi connectivity index (χ1v) is 8.86. The van der Waals surface area contributed by atoms with E-state index >= 15 is 0 Å². The number of rotatable bonds is 5. The molecule has 4 aromatic heterocycles. The Bertz CT molecular complexity index is 1000. The molecule has 0 saturated heterocycles. The molecule has 4 rings (SSSR count). The van der Waals surface area contributed by atoms with Crippen LogP contribution in [0.5, 0.6) is 0 Å².